The van der Waals surface area contributed by atoms with Crippen LogP contribution in [0.1, 0.15) is 20.3 Å². The smallest absolute Gasteiger partial charge is 0.227 e. The number of piperazine rings is 1. The second kappa shape index (κ2) is 9.72. The summed E-state index contributed by atoms with van der Waals surface area (Å²) >= 11 is 0. The van der Waals surface area contributed by atoms with Gasteiger partial charge < -0.3 is 10.2 Å². The van der Waals surface area contributed by atoms with Crippen LogP contribution in [0.3, 0.4) is 0 Å². The van der Waals surface area contributed by atoms with Gasteiger partial charge in [-0.15, -0.1) is 0 Å². The summed E-state index contributed by atoms with van der Waals surface area (Å²) in [6, 6.07) is 20.7. The summed E-state index contributed by atoms with van der Waals surface area (Å²) in [5.41, 5.74) is 4.27. The minimum absolute atomic E-state index is 0.618. The zero-order valence-corrected chi connectivity index (χ0v) is 18.0. The zero-order chi connectivity index (χ0) is 20.8. The van der Waals surface area contributed by atoms with Crippen molar-refractivity contribution in [1.29, 1.82) is 0 Å². The fraction of sp³-hybridized carbons (Fsp3) is 0.360. The minimum atomic E-state index is 0.618. The van der Waals surface area contributed by atoms with Crippen LogP contribution in [-0.2, 0) is 0 Å². The molecule has 0 aliphatic carbocycles. The number of anilines is 3. The first-order valence-electron chi connectivity index (χ1n) is 10.9. The van der Waals surface area contributed by atoms with Crippen LogP contribution in [0, 0.1) is 5.92 Å². The molecule has 2 aromatic carbocycles. The first-order valence-corrected chi connectivity index (χ1v) is 10.9. The molecule has 0 amide bonds. The Bertz CT molecular complexity index is 933. The second-order valence-corrected chi connectivity index (χ2v) is 8.32. The number of nitrogens with one attached hydrogen (secondary N) is 1. The van der Waals surface area contributed by atoms with Gasteiger partial charge in [-0.25, -0.2) is 9.97 Å². The Balaban J connectivity index is 1.40. The monoisotopic (exact) mass is 401 g/mol. The maximum Gasteiger partial charge on any atom is 0.227 e. The van der Waals surface area contributed by atoms with E-state index in [0.717, 1.165) is 49.0 Å². The number of hydrogen-bond donors (Lipinski definition) is 1. The van der Waals surface area contributed by atoms with Crippen molar-refractivity contribution in [1.82, 2.24) is 14.9 Å². The van der Waals surface area contributed by atoms with Gasteiger partial charge >= 0.3 is 0 Å². The molecule has 4 rings (SSSR count). The molecular weight excluding hydrogens is 370 g/mol. The summed E-state index contributed by atoms with van der Waals surface area (Å²) in [6.45, 7) is 10.2. The third kappa shape index (κ3) is 5.36. The van der Waals surface area contributed by atoms with Crippen LogP contribution in [-0.4, -0.2) is 47.6 Å². The fourth-order valence-corrected chi connectivity index (χ4v) is 3.77. The minimum Gasteiger partial charge on any atom is -0.369 e. The number of rotatable bonds is 7. The molecular formula is C25H31N5. The van der Waals surface area contributed by atoms with Gasteiger partial charge in [0.15, 0.2) is 0 Å². The third-order valence-electron chi connectivity index (χ3n) is 5.59. The quantitative estimate of drug-likeness (QED) is 0.600. The number of nitrogens with zero attached hydrogens (tertiary/aromatic N) is 4. The van der Waals surface area contributed by atoms with Gasteiger partial charge in [-0.2, -0.15) is 0 Å². The van der Waals surface area contributed by atoms with E-state index in [0.29, 0.717) is 5.95 Å². The molecule has 0 atom stereocenters. The Morgan fingerprint density at radius 3 is 2.50 bits per heavy atom. The lowest BCUT2D eigenvalue weighted by atomic mass is 10.1. The van der Waals surface area contributed by atoms with Crippen molar-refractivity contribution < 1.29 is 0 Å². The van der Waals surface area contributed by atoms with Crippen LogP contribution in [0.5, 0.6) is 0 Å². The van der Waals surface area contributed by atoms with Crippen LogP contribution in [0.25, 0.3) is 11.3 Å². The van der Waals surface area contributed by atoms with Gasteiger partial charge in [0.1, 0.15) is 0 Å². The van der Waals surface area contributed by atoms with Gasteiger partial charge in [-0.1, -0.05) is 50.2 Å². The zero-order valence-electron chi connectivity index (χ0n) is 18.0. The van der Waals surface area contributed by atoms with Crippen molar-refractivity contribution in [2.24, 2.45) is 5.92 Å². The predicted octanol–water partition coefficient (Wildman–Crippen LogP) is 5.06. The number of benzene rings is 2. The molecule has 3 aromatic rings. The molecule has 5 heteroatoms. The van der Waals surface area contributed by atoms with E-state index in [-0.39, 0.29) is 0 Å². The van der Waals surface area contributed by atoms with Crippen molar-refractivity contribution in [2.75, 3.05) is 42.9 Å². The van der Waals surface area contributed by atoms with E-state index < -0.39 is 0 Å². The number of hydrogen-bond acceptors (Lipinski definition) is 5. The molecule has 5 nitrogen and oxygen atoms in total. The Morgan fingerprint density at radius 2 is 1.73 bits per heavy atom. The maximum absolute atomic E-state index is 4.68. The second-order valence-electron chi connectivity index (χ2n) is 8.32. The van der Waals surface area contributed by atoms with Crippen molar-refractivity contribution in [3.8, 4) is 11.3 Å². The van der Waals surface area contributed by atoms with Crippen LogP contribution < -0.4 is 10.2 Å². The maximum atomic E-state index is 4.68. The average Bonchev–Trinajstić information content (AvgIpc) is 2.79. The highest BCUT2D eigenvalue weighted by Gasteiger charge is 2.17. The molecule has 0 spiro atoms. The molecule has 0 unspecified atom stereocenters. The van der Waals surface area contributed by atoms with E-state index in [2.05, 4.69) is 75.3 Å². The Labute approximate surface area is 179 Å². The van der Waals surface area contributed by atoms with E-state index in [4.69, 9.17) is 0 Å². The van der Waals surface area contributed by atoms with E-state index in [1.165, 1.54) is 18.7 Å². The fourth-order valence-electron chi connectivity index (χ4n) is 3.77. The molecule has 0 saturated carbocycles. The molecule has 1 aliphatic heterocycles. The van der Waals surface area contributed by atoms with Gasteiger partial charge in [0.2, 0.25) is 5.95 Å². The van der Waals surface area contributed by atoms with Crippen LogP contribution in [0.2, 0.25) is 0 Å². The summed E-state index contributed by atoms with van der Waals surface area (Å²) < 4.78 is 0. The molecule has 1 N–H and O–H groups in total. The number of aromatic nitrogens is 2. The summed E-state index contributed by atoms with van der Waals surface area (Å²) in [4.78, 5) is 14.1. The lowest BCUT2D eigenvalue weighted by Gasteiger charge is -2.36. The normalized spacial score (nSPS) is 14.8. The van der Waals surface area contributed by atoms with Crippen molar-refractivity contribution in [2.45, 2.75) is 20.3 Å². The van der Waals surface area contributed by atoms with Crippen molar-refractivity contribution in [3.63, 3.8) is 0 Å². The summed E-state index contributed by atoms with van der Waals surface area (Å²) in [5.74, 6) is 1.39. The Hall–Kier alpha value is -2.92. The molecule has 1 aromatic heterocycles. The van der Waals surface area contributed by atoms with E-state index >= 15 is 0 Å². The standard InChI is InChI=1S/C25H31N5/c1-20(2)12-14-29-15-17-30(18-16-29)23-10-6-9-22(19-23)27-25-26-13-11-24(28-25)21-7-4-3-5-8-21/h3-11,13,19-20H,12,14-18H2,1-2H3,(H,26,27,28). The third-order valence-corrected chi connectivity index (χ3v) is 5.59. The molecule has 1 aliphatic rings. The van der Waals surface area contributed by atoms with E-state index in [1.54, 1.807) is 6.20 Å². The molecule has 30 heavy (non-hydrogen) atoms. The highest BCUT2D eigenvalue weighted by Crippen LogP contribution is 2.24. The highest BCUT2D eigenvalue weighted by molar-refractivity contribution is 5.64. The summed E-state index contributed by atoms with van der Waals surface area (Å²) in [6.07, 6.45) is 3.08. The Morgan fingerprint density at radius 1 is 0.933 bits per heavy atom. The molecule has 0 bridgehead atoms. The average molecular weight is 402 g/mol. The van der Waals surface area contributed by atoms with Crippen molar-refractivity contribution >= 4 is 17.3 Å². The lowest BCUT2D eigenvalue weighted by Crippen LogP contribution is -2.46. The largest absolute Gasteiger partial charge is 0.369 e. The molecule has 1 saturated heterocycles. The van der Waals surface area contributed by atoms with Gasteiger partial charge in [0.25, 0.3) is 0 Å². The van der Waals surface area contributed by atoms with E-state index in [9.17, 15) is 0 Å². The predicted molar refractivity (Wildman–Crippen MR) is 125 cm³/mol. The first kappa shape index (κ1) is 20.4. The summed E-state index contributed by atoms with van der Waals surface area (Å²) in [5, 5.41) is 3.38. The van der Waals surface area contributed by atoms with Crippen LogP contribution in [0.4, 0.5) is 17.3 Å². The van der Waals surface area contributed by atoms with Crippen LogP contribution in [0.15, 0.2) is 66.9 Å². The van der Waals surface area contributed by atoms with E-state index in [1.807, 2.05) is 24.3 Å². The van der Waals surface area contributed by atoms with Crippen LogP contribution >= 0.6 is 0 Å². The molecule has 156 valence electrons. The molecule has 1 fully saturated rings. The van der Waals surface area contributed by atoms with Gasteiger partial charge in [0, 0.05) is 49.3 Å². The lowest BCUT2D eigenvalue weighted by molar-refractivity contribution is 0.244. The molecule has 0 radical (unpaired) electrons. The SMILES string of the molecule is CC(C)CCN1CCN(c2cccc(Nc3nccc(-c4ccccc4)n3)c2)CC1. The summed E-state index contributed by atoms with van der Waals surface area (Å²) in [7, 11) is 0. The van der Waals surface area contributed by atoms with Gasteiger partial charge in [0.05, 0.1) is 5.69 Å². The van der Waals surface area contributed by atoms with Crippen molar-refractivity contribution in [3.05, 3.63) is 66.9 Å². The Kier molecular flexibility index (Phi) is 6.60. The topological polar surface area (TPSA) is 44.3 Å². The first-order chi connectivity index (χ1) is 14.7. The highest BCUT2D eigenvalue weighted by atomic mass is 15.3. The molecule has 2 heterocycles. The van der Waals surface area contributed by atoms with Gasteiger partial charge in [-0.3, -0.25) is 4.90 Å². The van der Waals surface area contributed by atoms with Gasteiger partial charge in [-0.05, 0) is 43.1 Å².